The summed E-state index contributed by atoms with van der Waals surface area (Å²) < 4.78 is 19.4. The minimum atomic E-state index is 1.09. The van der Waals surface area contributed by atoms with E-state index in [9.17, 15) is 0 Å². The van der Waals surface area contributed by atoms with Crippen molar-refractivity contribution in [3.05, 3.63) is 231 Å². The summed E-state index contributed by atoms with van der Waals surface area (Å²) >= 11 is 0. The first kappa shape index (κ1) is 37.6. The van der Waals surface area contributed by atoms with E-state index in [2.05, 4.69) is 267 Å². The number of hydrogen-bond donors (Lipinski definition) is 0. The zero-order chi connectivity index (χ0) is 47.7. The van der Waals surface area contributed by atoms with E-state index in [1.54, 1.807) is 0 Å². The molecule has 0 spiro atoms. The van der Waals surface area contributed by atoms with Crippen molar-refractivity contribution < 1.29 is 0 Å². The molecular weight excluding hydrogens is 905 g/mol. The Morgan fingerprint density at radius 3 is 0.851 bits per heavy atom. The first-order valence-corrected chi connectivity index (χ1v) is 25.4. The molecule has 0 unspecified atom stereocenters. The van der Waals surface area contributed by atoms with Crippen molar-refractivity contribution in [1.82, 2.24) is 35.2 Å². The van der Waals surface area contributed by atoms with Crippen LogP contribution in [0.1, 0.15) is 0 Å². The molecule has 0 N–H and O–H groups in total. The Bertz CT molecular complexity index is 5470. The average molecular weight is 943 g/mol. The average Bonchev–Trinajstić information content (AvgIpc) is 4.32. The summed E-state index contributed by atoms with van der Waals surface area (Å²) in [4.78, 5) is 0. The zero-order valence-corrected chi connectivity index (χ0v) is 39.5. The van der Waals surface area contributed by atoms with Gasteiger partial charge >= 0.3 is 0 Å². The Morgan fingerprint density at radius 1 is 0.189 bits per heavy atom. The number of benzene rings is 9. The van der Waals surface area contributed by atoms with Crippen LogP contribution < -0.4 is 0 Å². The summed E-state index contributed by atoms with van der Waals surface area (Å²) in [6.45, 7) is 0. The molecule has 8 heteroatoms. The number of aromatic nitrogens is 8. The van der Waals surface area contributed by atoms with Crippen LogP contribution in [0.25, 0.3) is 153 Å². The Kier molecular flexibility index (Phi) is 6.62. The molecule has 0 amide bonds. The van der Waals surface area contributed by atoms with E-state index in [1.165, 1.54) is 75.9 Å². The highest BCUT2D eigenvalue weighted by Crippen LogP contribution is 2.40. The van der Waals surface area contributed by atoms with E-state index < -0.39 is 0 Å². The molecule has 14 bridgehead atoms. The van der Waals surface area contributed by atoms with Crippen LogP contribution in [0.5, 0.6) is 0 Å². The van der Waals surface area contributed by atoms with Gasteiger partial charge in [0.2, 0.25) is 0 Å². The molecule has 9 aromatic carbocycles. The second kappa shape index (κ2) is 13.0. The summed E-state index contributed by atoms with van der Waals surface area (Å²) in [5.41, 5.74) is 20.5. The molecule has 12 heterocycles. The van der Waals surface area contributed by atoms with Crippen LogP contribution in [0.3, 0.4) is 0 Å². The van der Waals surface area contributed by atoms with Crippen LogP contribution >= 0.6 is 0 Å². The molecule has 12 aromatic heterocycles. The quantitative estimate of drug-likeness (QED) is 0.145. The van der Waals surface area contributed by atoms with Gasteiger partial charge in [-0.2, -0.15) is 0 Å². The monoisotopic (exact) mass is 942 g/mol. The van der Waals surface area contributed by atoms with Crippen molar-refractivity contribution in [2.24, 2.45) is 0 Å². The van der Waals surface area contributed by atoms with Crippen LogP contribution in [0.2, 0.25) is 0 Å². The second-order valence-corrected chi connectivity index (χ2v) is 20.4. The molecule has 8 nitrogen and oxygen atoms in total. The van der Waals surface area contributed by atoms with E-state index in [4.69, 9.17) is 0 Å². The van der Waals surface area contributed by atoms with Gasteiger partial charge in [0.05, 0.1) is 66.2 Å². The molecule has 21 aromatic rings. The molecular formula is C66H38N8. The van der Waals surface area contributed by atoms with Gasteiger partial charge in [0, 0.05) is 124 Å². The van der Waals surface area contributed by atoms with Crippen LogP contribution in [0, 0.1) is 0 Å². The highest BCUT2D eigenvalue weighted by atomic mass is 15.0. The van der Waals surface area contributed by atoms with Gasteiger partial charge in [-0.15, -0.1) is 0 Å². The Balaban J connectivity index is 1.16. The van der Waals surface area contributed by atoms with Gasteiger partial charge in [-0.3, -0.25) is 0 Å². The van der Waals surface area contributed by atoms with Crippen molar-refractivity contribution >= 4 is 153 Å². The molecule has 21 rings (SSSR count). The molecule has 0 saturated carbocycles. The zero-order valence-electron chi connectivity index (χ0n) is 39.5. The maximum absolute atomic E-state index is 2.50. The Labute approximate surface area is 417 Å². The van der Waals surface area contributed by atoms with Crippen LogP contribution in [-0.2, 0) is 0 Å². The normalized spacial score (nSPS) is 12.9. The highest BCUT2D eigenvalue weighted by Gasteiger charge is 2.19. The van der Waals surface area contributed by atoms with Crippen molar-refractivity contribution in [1.29, 1.82) is 0 Å². The first-order valence-electron chi connectivity index (χ1n) is 25.4. The summed E-state index contributed by atoms with van der Waals surface area (Å²) in [5, 5.41) is 11.9. The smallest absolute Gasteiger partial charge is 0.0782 e. The number of rotatable bonds is 0. The van der Waals surface area contributed by atoms with Crippen molar-refractivity contribution in [2.45, 2.75) is 0 Å². The number of para-hydroxylation sites is 2. The largest absolute Gasteiger partial charge is 0.315 e. The minimum absolute atomic E-state index is 1.09. The lowest BCUT2D eigenvalue weighted by Crippen LogP contribution is -1.93. The van der Waals surface area contributed by atoms with Gasteiger partial charge < -0.3 is 35.2 Å². The molecule has 0 aliphatic heterocycles. The number of fused-ring (bicyclic) bond motifs is 6. The van der Waals surface area contributed by atoms with Gasteiger partial charge in [0.1, 0.15) is 0 Å². The molecule has 0 fully saturated rings. The van der Waals surface area contributed by atoms with E-state index >= 15 is 0 Å². The van der Waals surface area contributed by atoms with Crippen molar-refractivity contribution in [2.75, 3.05) is 0 Å². The molecule has 342 valence electrons. The third-order valence-electron chi connectivity index (χ3n) is 16.9. The fourth-order valence-electron chi connectivity index (χ4n) is 13.6. The number of nitrogens with zero attached hydrogens (tertiary/aromatic N) is 8. The standard InChI is InChI=1S/C66H38N8/c1-3-51-53-37-49-21-23-55(53)73-47-17-13-45(14-18-47)67-31-25-39-7-8-40-26-32-68(60(40)59(39)67)46-15-19-48(20-16-46)74-56-24-22-50(70-34-28-42-10-9-41-27-33-69(49)61(41)62(42)70)38-54(56)52-4-2-6-58(66(52)74)72-36-30-44-12-11-43-29-35-71(63(43)64(44)72)57(5-1)65(51)73/h1-38H. The molecule has 0 saturated heterocycles. The molecule has 0 aliphatic carbocycles. The van der Waals surface area contributed by atoms with Gasteiger partial charge in [-0.05, 0) is 133 Å². The number of hydrogen-bond acceptors (Lipinski definition) is 0. The summed E-state index contributed by atoms with van der Waals surface area (Å²) in [7, 11) is 0. The van der Waals surface area contributed by atoms with E-state index in [1.807, 2.05) is 0 Å². The lowest BCUT2D eigenvalue weighted by Gasteiger charge is -2.08. The third-order valence-corrected chi connectivity index (χ3v) is 16.9. The molecule has 0 atom stereocenters. The van der Waals surface area contributed by atoms with Gasteiger partial charge in [-0.1, -0.05) is 60.7 Å². The van der Waals surface area contributed by atoms with Gasteiger partial charge in [0.15, 0.2) is 0 Å². The minimum Gasteiger partial charge on any atom is -0.315 e. The topological polar surface area (TPSA) is 35.3 Å². The fraction of sp³-hybridized carbons (Fsp3) is 0. The maximum Gasteiger partial charge on any atom is 0.0782 e. The lowest BCUT2D eigenvalue weighted by molar-refractivity contribution is 1.22. The van der Waals surface area contributed by atoms with E-state index in [0.717, 1.165) is 77.2 Å². The Morgan fingerprint density at radius 2 is 0.486 bits per heavy atom. The maximum atomic E-state index is 2.50. The second-order valence-electron chi connectivity index (χ2n) is 20.4. The summed E-state index contributed by atoms with van der Waals surface area (Å²) in [6.07, 6.45) is 13.5. The van der Waals surface area contributed by atoms with Gasteiger partial charge in [0.25, 0.3) is 0 Å². The van der Waals surface area contributed by atoms with Crippen molar-refractivity contribution in [3.8, 4) is 0 Å². The van der Waals surface area contributed by atoms with E-state index in [0.29, 0.717) is 0 Å². The fourth-order valence-corrected chi connectivity index (χ4v) is 13.6. The van der Waals surface area contributed by atoms with E-state index in [-0.39, 0.29) is 0 Å². The Hall–Kier alpha value is -10.2. The van der Waals surface area contributed by atoms with Crippen LogP contribution in [0.15, 0.2) is 231 Å². The summed E-state index contributed by atoms with van der Waals surface area (Å²) in [5.74, 6) is 0. The molecule has 0 radical (unpaired) electrons. The SMILES string of the molecule is c1cc2c3cc4ccc3n3c5ccc(cc5)n5ccc6ccc7ccn(c8ccc(cc8)n8c9ccc(cc9c9cccc(c98)n8ccc9ccc%10ccn(c(c1)c23)c%10c98)n1ccc2ccc3ccn4c3c21)c7c65. The summed E-state index contributed by atoms with van der Waals surface area (Å²) in [6, 6.07) is 73.4. The van der Waals surface area contributed by atoms with Crippen LogP contribution in [0.4, 0.5) is 0 Å². The van der Waals surface area contributed by atoms with Gasteiger partial charge in [-0.25, -0.2) is 0 Å². The predicted molar refractivity (Wildman–Crippen MR) is 307 cm³/mol. The van der Waals surface area contributed by atoms with Crippen molar-refractivity contribution in [3.63, 3.8) is 0 Å². The predicted octanol–water partition coefficient (Wildman–Crippen LogP) is 16.4. The lowest BCUT2D eigenvalue weighted by atomic mass is 10.1. The highest BCUT2D eigenvalue weighted by molar-refractivity contribution is 6.19. The third kappa shape index (κ3) is 4.52. The first-order chi connectivity index (χ1) is 36.7. The molecule has 0 aliphatic rings. The molecule has 74 heavy (non-hydrogen) atoms. The van der Waals surface area contributed by atoms with Crippen LogP contribution in [-0.4, -0.2) is 35.2 Å².